The van der Waals surface area contributed by atoms with Crippen LogP contribution in [-0.4, -0.2) is 45.9 Å². The van der Waals surface area contributed by atoms with Crippen LogP contribution in [0.25, 0.3) is 0 Å². The van der Waals surface area contributed by atoms with E-state index >= 15 is 0 Å². The Labute approximate surface area is 136 Å². The second-order valence-electron chi connectivity index (χ2n) is 6.88. The van der Waals surface area contributed by atoms with Crippen LogP contribution >= 0.6 is 0 Å². The number of nitrogens with one attached hydrogen (secondary N) is 1. The van der Waals surface area contributed by atoms with E-state index in [2.05, 4.69) is 5.32 Å². The predicted molar refractivity (Wildman–Crippen MR) is 77.1 cm³/mol. The number of rotatable bonds is 6. The Morgan fingerprint density at radius 3 is 2.17 bits per heavy atom. The van der Waals surface area contributed by atoms with Crippen LogP contribution in [0.3, 0.4) is 0 Å². The van der Waals surface area contributed by atoms with Crippen LogP contribution in [0.4, 0.5) is 8.78 Å². The topological polar surface area (TPSA) is 107 Å². The third-order valence-corrected chi connectivity index (χ3v) is 5.56. The van der Waals surface area contributed by atoms with E-state index in [1.165, 1.54) is 0 Å². The summed E-state index contributed by atoms with van der Waals surface area (Å²) in [7, 11) is 0. The van der Waals surface area contributed by atoms with Crippen molar-refractivity contribution in [2.24, 2.45) is 10.8 Å². The van der Waals surface area contributed by atoms with Gasteiger partial charge in [0, 0.05) is 11.1 Å². The quantitative estimate of drug-likeness (QED) is 0.609. The van der Waals surface area contributed by atoms with E-state index in [0.717, 1.165) is 18.2 Å². The zero-order chi connectivity index (χ0) is 17.8. The Kier molecular flexibility index (Phi) is 3.65. The molecular weight excluding hydrogens is 324 g/mol. The number of aliphatic hydroxyl groups excluding tert-OH is 2. The second-order valence-corrected chi connectivity index (χ2v) is 6.88. The molecule has 3 aliphatic rings. The number of halogens is 2. The summed E-state index contributed by atoms with van der Waals surface area (Å²) in [5, 5.41) is 31.0. The molecule has 0 heterocycles. The first kappa shape index (κ1) is 16.8. The molecule has 3 aliphatic carbocycles. The van der Waals surface area contributed by atoms with E-state index in [1.807, 2.05) is 0 Å². The molecule has 24 heavy (non-hydrogen) atoms. The Balaban J connectivity index is 1.70. The molecule has 4 rings (SSSR count). The van der Waals surface area contributed by atoms with Gasteiger partial charge in [0.15, 0.2) is 11.6 Å². The number of hydrogen-bond acceptors (Lipinski definition) is 4. The first-order valence-corrected chi connectivity index (χ1v) is 7.46. The monoisotopic (exact) mass is 341 g/mol. The molecule has 6 nitrogen and oxygen atoms in total. The number of benzene rings is 1. The highest BCUT2D eigenvalue weighted by atomic mass is 19.2. The van der Waals surface area contributed by atoms with E-state index in [1.54, 1.807) is 0 Å². The number of carbonyl (C=O) groups is 2. The highest BCUT2D eigenvalue weighted by molar-refractivity contribution is 5.95. The van der Waals surface area contributed by atoms with Crippen molar-refractivity contribution < 1.29 is 33.7 Å². The van der Waals surface area contributed by atoms with Crippen LogP contribution in [-0.2, 0) is 4.79 Å². The van der Waals surface area contributed by atoms with E-state index in [-0.39, 0.29) is 5.56 Å². The molecule has 130 valence electrons. The second kappa shape index (κ2) is 5.22. The molecule has 0 atom stereocenters. The fourth-order valence-corrected chi connectivity index (χ4v) is 4.13. The fourth-order valence-electron chi connectivity index (χ4n) is 4.13. The Hall–Kier alpha value is -2.06. The molecule has 3 saturated carbocycles. The van der Waals surface area contributed by atoms with Crippen molar-refractivity contribution >= 4 is 11.9 Å². The van der Waals surface area contributed by atoms with Crippen molar-refractivity contribution in [3.05, 3.63) is 35.4 Å². The van der Waals surface area contributed by atoms with Crippen molar-refractivity contribution in [3.8, 4) is 0 Å². The lowest BCUT2D eigenvalue weighted by Crippen LogP contribution is -2.81. The lowest BCUT2D eigenvalue weighted by Gasteiger charge is -2.75. The van der Waals surface area contributed by atoms with E-state index in [9.17, 15) is 33.7 Å². The van der Waals surface area contributed by atoms with Crippen LogP contribution in [0.5, 0.6) is 0 Å². The summed E-state index contributed by atoms with van der Waals surface area (Å²) in [5.74, 6) is -4.01. The minimum atomic E-state index is -1.64. The molecule has 0 radical (unpaired) electrons. The van der Waals surface area contributed by atoms with Crippen molar-refractivity contribution in [2.45, 2.75) is 24.8 Å². The standard InChI is InChI=1S/C16H17F2NO5/c17-10-2-1-9(3-11(10)18)12(22)19-15-4-14(5-15,6-15)16(7-20,8-21)13(23)24/h1-3,20-21H,4-8H2,(H,19,22)(H,23,24). The molecule has 0 aromatic heterocycles. The molecule has 2 bridgehead atoms. The van der Waals surface area contributed by atoms with Gasteiger partial charge in [-0.05, 0) is 42.9 Å². The van der Waals surface area contributed by atoms with Gasteiger partial charge >= 0.3 is 5.97 Å². The lowest BCUT2D eigenvalue weighted by molar-refractivity contribution is -0.250. The average molecular weight is 341 g/mol. The zero-order valence-corrected chi connectivity index (χ0v) is 12.7. The summed E-state index contributed by atoms with van der Waals surface area (Å²) in [6, 6.07) is 2.83. The fraction of sp³-hybridized carbons (Fsp3) is 0.500. The molecule has 1 amide bonds. The van der Waals surface area contributed by atoms with Gasteiger partial charge in [-0.3, -0.25) is 9.59 Å². The van der Waals surface area contributed by atoms with Gasteiger partial charge in [0.05, 0.1) is 13.2 Å². The number of aliphatic carboxylic acids is 1. The summed E-state index contributed by atoms with van der Waals surface area (Å²) in [6.45, 7) is -1.38. The van der Waals surface area contributed by atoms with Gasteiger partial charge in [0.2, 0.25) is 0 Å². The first-order chi connectivity index (χ1) is 11.2. The summed E-state index contributed by atoms with van der Waals surface area (Å²) >= 11 is 0. The van der Waals surface area contributed by atoms with Crippen molar-refractivity contribution in [2.75, 3.05) is 13.2 Å². The van der Waals surface area contributed by atoms with Gasteiger partial charge in [-0.1, -0.05) is 0 Å². The molecule has 4 N–H and O–H groups in total. The average Bonchev–Trinajstić information content (AvgIpc) is 2.47. The SMILES string of the molecule is O=C(NC12CC(C(CO)(CO)C(=O)O)(C1)C2)c1ccc(F)c(F)c1. The van der Waals surface area contributed by atoms with Crippen LogP contribution in [0.1, 0.15) is 29.6 Å². The van der Waals surface area contributed by atoms with Gasteiger partial charge in [-0.2, -0.15) is 0 Å². The Morgan fingerprint density at radius 1 is 1.12 bits per heavy atom. The smallest absolute Gasteiger partial charge is 0.314 e. The Morgan fingerprint density at radius 2 is 1.71 bits per heavy atom. The number of hydrogen-bond donors (Lipinski definition) is 4. The number of amides is 1. The molecule has 3 fully saturated rings. The highest BCUT2D eigenvalue weighted by Gasteiger charge is 2.77. The summed E-state index contributed by atoms with van der Waals surface area (Å²) in [5.41, 5.74) is -3.04. The number of carbonyl (C=O) groups excluding carboxylic acids is 1. The third-order valence-electron chi connectivity index (χ3n) is 5.56. The maximum Gasteiger partial charge on any atom is 0.314 e. The molecule has 0 saturated heterocycles. The summed E-state index contributed by atoms with van der Waals surface area (Å²) in [4.78, 5) is 23.6. The Bertz CT molecular complexity index is 697. The first-order valence-electron chi connectivity index (χ1n) is 7.46. The number of aliphatic hydroxyl groups is 2. The van der Waals surface area contributed by atoms with Crippen LogP contribution in [0.15, 0.2) is 18.2 Å². The molecule has 8 heteroatoms. The summed E-state index contributed by atoms with van der Waals surface area (Å²) in [6.07, 6.45) is 0.925. The van der Waals surface area contributed by atoms with Crippen molar-refractivity contribution in [1.82, 2.24) is 5.32 Å². The third kappa shape index (κ3) is 2.06. The van der Waals surface area contributed by atoms with E-state index in [0.29, 0.717) is 19.3 Å². The minimum absolute atomic E-state index is 0.0264. The van der Waals surface area contributed by atoms with Gasteiger partial charge in [0.1, 0.15) is 5.41 Å². The zero-order valence-electron chi connectivity index (χ0n) is 12.7. The summed E-state index contributed by atoms with van der Waals surface area (Å²) < 4.78 is 26.1. The van der Waals surface area contributed by atoms with Gasteiger partial charge < -0.3 is 20.6 Å². The molecule has 1 aromatic carbocycles. The van der Waals surface area contributed by atoms with E-state index in [4.69, 9.17) is 0 Å². The van der Waals surface area contributed by atoms with Crippen LogP contribution in [0.2, 0.25) is 0 Å². The molecule has 0 unspecified atom stereocenters. The van der Waals surface area contributed by atoms with Gasteiger partial charge in [0.25, 0.3) is 5.91 Å². The predicted octanol–water partition coefficient (Wildman–Crippen LogP) is 0.673. The number of carboxylic acid groups (broad SMARTS) is 1. The number of carboxylic acids is 1. The maximum absolute atomic E-state index is 13.2. The molecule has 0 aliphatic heterocycles. The maximum atomic E-state index is 13.2. The van der Waals surface area contributed by atoms with Crippen LogP contribution < -0.4 is 5.32 Å². The van der Waals surface area contributed by atoms with Gasteiger partial charge in [-0.25, -0.2) is 8.78 Å². The molecular formula is C16H17F2NO5. The molecule has 0 spiro atoms. The normalized spacial score (nSPS) is 27.8. The van der Waals surface area contributed by atoms with Crippen LogP contribution in [0, 0.1) is 22.5 Å². The molecule has 1 aromatic rings. The minimum Gasteiger partial charge on any atom is -0.481 e. The van der Waals surface area contributed by atoms with E-state index < -0.39 is 53.1 Å². The van der Waals surface area contributed by atoms with Gasteiger partial charge in [-0.15, -0.1) is 0 Å². The lowest BCUT2D eigenvalue weighted by atomic mass is 9.32. The largest absolute Gasteiger partial charge is 0.481 e. The van der Waals surface area contributed by atoms with Crippen molar-refractivity contribution in [3.63, 3.8) is 0 Å². The van der Waals surface area contributed by atoms with Crippen molar-refractivity contribution in [1.29, 1.82) is 0 Å². The highest BCUT2D eigenvalue weighted by Crippen LogP contribution is 2.74.